The molecule has 30 heavy (non-hydrogen) atoms. The van der Waals surface area contributed by atoms with E-state index in [2.05, 4.69) is 27.1 Å². The van der Waals surface area contributed by atoms with Crippen molar-refractivity contribution in [2.24, 2.45) is 0 Å². The number of H-pyrrole nitrogens is 2. The maximum absolute atomic E-state index is 12.7. The third-order valence-electron chi connectivity index (χ3n) is 5.17. The van der Waals surface area contributed by atoms with Gasteiger partial charge in [0.25, 0.3) is 11.6 Å². The van der Waals surface area contributed by atoms with Crippen molar-refractivity contribution in [2.75, 3.05) is 41.3 Å². The van der Waals surface area contributed by atoms with E-state index in [0.29, 0.717) is 25.3 Å². The molecule has 162 valence electrons. The summed E-state index contributed by atoms with van der Waals surface area (Å²) < 4.78 is 38.1. The summed E-state index contributed by atoms with van der Waals surface area (Å²) in [4.78, 5) is 22.1. The Bertz CT molecular complexity index is 816. The Morgan fingerprint density at radius 3 is 2.03 bits per heavy atom. The lowest BCUT2D eigenvalue weighted by Crippen LogP contribution is -2.49. The van der Waals surface area contributed by atoms with Gasteiger partial charge in [0.15, 0.2) is 0 Å². The van der Waals surface area contributed by atoms with Crippen LogP contribution in [-0.4, -0.2) is 32.1 Å². The molecule has 1 fully saturated rings. The van der Waals surface area contributed by atoms with Gasteiger partial charge in [0.05, 0.1) is 11.3 Å². The van der Waals surface area contributed by atoms with Gasteiger partial charge in [0.2, 0.25) is 5.91 Å². The van der Waals surface area contributed by atoms with Crippen LogP contribution >= 0.6 is 0 Å². The molecule has 9 heteroatoms. The molecule has 0 spiro atoms. The Balaban J connectivity index is 1.50. The number of nitrogens with zero attached hydrogens (tertiary/aromatic N) is 2. The van der Waals surface area contributed by atoms with Crippen molar-refractivity contribution in [1.29, 1.82) is 0 Å². The number of aromatic amines is 2. The van der Waals surface area contributed by atoms with Gasteiger partial charge in [-0.2, -0.15) is 13.2 Å². The van der Waals surface area contributed by atoms with Crippen LogP contribution in [-0.2, 0) is 11.0 Å². The fourth-order valence-electron chi connectivity index (χ4n) is 3.43. The summed E-state index contributed by atoms with van der Waals surface area (Å²) in [5.41, 5.74) is 0.0512. The number of hydrogen-bond acceptors (Lipinski definition) is 3. The van der Waals surface area contributed by atoms with E-state index in [1.54, 1.807) is 6.20 Å². The maximum Gasteiger partial charge on any atom is 0.419 e. The molecule has 2 aromatic heterocycles. The first-order chi connectivity index (χ1) is 14.4. The number of carbonyl (C=O) groups excluding carboxylic acids is 1. The fourth-order valence-corrected chi connectivity index (χ4v) is 3.43. The molecule has 3 heterocycles. The maximum atomic E-state index is 12.7. The highest BCUT2D eigenvalue weighted by Gasteiger charge is 2.33. The van der Waals surface area contributed by atoms with Gasteiger partial charge in [-0.3, -0.25) is 14.6 Å². The molecule has 1 amide bonds. The Kier molecular flexibility index (Phi) is 7.12. The summed E-state index contributed by atoms with van der Waals surface area (Å²) in [6, 6.07) is 6.38. The lowest BCUT2D eigenvalue weighted by molar-refractivity contribution is -0.368. The van der Waals surface area contributed by atoms with Gasteiger partial charge in [-0.25, -0.2) is 9.97 Å². The number of anilines is 3. The quantitative estimate of drug-likeness (QED) is 0.696. The van der Waals surface area contributed by atoms with Gasteiger partial charge in [-0.1, -0.05) is 19.8 Å². The van der Waals surface area contributed by atoms with Crippen molar-refractivity contribution in [3.8, 4) is 0 Å². The van der Waals surface area contributed by atoms with E-state index in [4.69, 9.17) is 0 Å². The van der Waals surface area contributed by atoms with Gasteiger partial charge < -0.3 is 5.32 Å². The van der Waals surface area contributed by atoms with E-state index < -0.39 is 11.7 Å². The molecule has 2 aromatic rings. The first kappa shape index (κ1) is 21.9. The van der Waals surface area contributed by atoms with Crippen molar-refractivity contribution < 1.29 is 27.9 Å². The van der Waals surface area contributed by atoms with Gasteiger partial charge in [0, 0.05) is 18.6 Å². The third-order valence-corrected chi connectivity index (χ3v) is 5.17. The van der Waals surface area contributed by atoms with E-state index >= 15 is 0 Å². The molecule has 0 aliphatic carbocycles. The number of halogens is 3. The second kappa shape index (κ2) is 9.77. The van der Waals surface area contributed by atoms with Crippen LogP contribution in [0.25, 0.3) is 0 Å². The van der Waals surface area contributed by atoms with Crippen LogP contribution in [0.5, 0.6) is 0 Å². The smallest absolute Gasteiger partial charge is 0.323 e. The van der Waals surface area contributed by atoms with Gasteiger partial charge in [-0.15, -0.1) is 0 Å². The topological polar surface area (TPSA) is 63.9 Å². The predicted octanol–water partition coefficient (Wildman–Crippen LogP) is 3.18. The zero-order chi connectivity index (χ0) is 21.6. The highest BCUT2D eigenvalue weighted by molar-refractivity contribution is 5.90. The van der Waals surface area contributed by atoms with Crippen LogP contribution in [0.3, 0.4) is 0 Å². The molecule has 3 N–H and O–H groups in total. The van der Waals surface area contributed by atoms with E-state index in [-0.39, 0.29) is 5.91 Å². The summed E-state index contributed by atoms with van der Waals surface area (Å²) in [5, 5.41) is 2.89. The normalized spacial score (nSPS) is 14.7. The SMILES string of the molecule is CCCCCC(=O)Nc1ccc(N2CCN(c3ccc(C(F)(F)F)c[nH+]3)CC2)[nH+]c1. The molecule has 1 aliphatic rings. The number of aromatic nitrogens is 2. The van der Waals surface area contributed by atoms with Crippen LogP contribution < -0.4 is 25.1 Å². The lowest BCUT2D eigenvalue weighted by Gasteiger charge is -2.26. The number of hydrogen-bond donors (Lipinski definition) is 1. The molecular formula is C21H28F3N5O+2. The largest absolute Gasteiger partial charge is 0.419 e. The molecular weight excluding hydrogens is 395 g/mol. The molecule has 0 bridgehead atoms. The molecule has 0 aromatic carbocycles. The van der Waals surface area contributed by atoms with Crippen LogP contribution in [0.1, 0.15) is 38.2 Å². The fraction of sp³-hybridized carbons (Fsp3) is 0.476. The minimum absolute atomic E-state index is 0.0194. The third kappa shape index (κ3) is 5.84. The standard InChI is InChI=1S/C21H26F3N5O/c1-2-3-4-5-20(30)27-17-7-9-19(26-15-17)29-12-10-28(11-13-29)18-8-6-16(14-25-18)21(22,23)24/h6-9,14-15H,2-5,10-13H2,1H3,(H,27,30)/p+2. The van der Waals surface area contributed by atoms with Gasteiger partial charge >= 0.3 is 6.18 Å². The average molecular weight is 423 g/mol. The number of rotatable bonds is 7. The molecule has 0 unspecified atom stereocenters. The van der Waals surface area contributed by atoms with Gasteiger partial charge in [-0.05, 0) is 18.6 Å². The molecule has 0 saturated carbocycles. The number of nitrogens with one attached hydrogen (secondary N) is 3. The Morgan fingerprint density at radius 1 is 0.967 bits per heavy atom. The number of pyridine rings is 2. The van der Waals surface area contributed by atoms with Crippen molar-refractivity contribution in [3.05, 3.63) is 42.2 Å². The van der Waals surface area contributed by atoms with Crippen molar-refractivity contribution >= 4 is 23.2 Å². The predicted molar refractivity (Wildman–Crippen MR) is 108 cm³/mol. The Morgan fingerprint density at radius 2 is 1.57 bits per heavy atom. The summed E-state index contributed by atoms with van der Waals surface area (Å²) in [7, 11) is 0. The number of amides is 1. The minimum atomic E-state index is -4.34. The second-order valence-corrected chi connectivity index (χ2v) is 7.40. The molecule has 1 saturated heterocycles. The summed E-state index contributed by atoms with van der Waals surface area (Å²) in [6.45, 7) is 4.94. The monoisotopic (exact) mass is 423 g/mol. The molecule has 1 aliphatic heterocycles. The Hall–Kier alpha value is -2.84. The second-order valence-electron chi connectivity index (χ2n) is 7.40. The zero-order valence-corrected chi connectivity index (χ0v) is 17.1. The van der Waals surface area contributed by atoms with Gasteiger partial charge in [0.1, 0.15) is 38.6 Å². The van der Waals surface area contributed by atoms with E-state index in [1.807, 2.05) is 17.0 Å². The molecule has 0 radical (unpaired) electrons. The number of unbranched alkanes of at least 4 members (excludes halogenated alkanes) is 2. The van der Waals surface area contributed by atoms with E-state index in [9.17, 15) is 18.0 Å². The van der Waals surface area contributed by atoms with Crippen LogP contribution in [0.4, 0.5) is 30.5 Å². The summed E-state index contributed by atoms with van der Waals surface area (Å²) in [6.07, 6.45) is 2.00. The number of piperazine rings is 1. The first-order valence-electron chi connectivity index (χ1n) is 10.3. The Labute approximate surface area is 174 Å². The number of carbonyl (C=O) groups is 1. The van der Waals surface area contributed by atoms with Crippen molar-refractivity contribution in [2.45, 2.75) is 38.8 Å². The first-order valence-corrected chi connectivity index (χ1v) is 10.3. The highest BCUT2D eigenvalue weighted by Crippen LogP contribution is 2.28. The highest BCUT2D eigenvalue weighted by atomic mass is 19.4. The summed E-state index contributed by atoms with van der Waals surface area (Å²) in [5.74, 6) is 1.63. The van der Waals surface area contributed by atoms with E-state index in [0.717, 1.165) is 56.1 Å². The molecule has 6 nitrogen and oxygen atoms in total. The summed E-state index contributed by atoms with van der Waals surface area (Å²) >= 11 is 0. The molecule has 0 atom stereocenters. The van der Waals surface area contributed by atoms with Crippen LogP contribution in [0.15, 0.2) is 36.7 Å². The van der Waals surface area contributed by atoms with Crippen LogP contribution in [0.2, 0.25) is 0 Å². The van der Waals surface area contributed by atoms with Crippen molar-refractivity contribution in [1.82, 2.24) is 0 Å². The van der Waals surface area contributed by atoms with E-state index in [1.165, 1.54) is 6.07 Å². The zero-order valence-electron chi connectivity index (χ0n) is 17.1. The molecule has 3 rings (SSSR count). The van der Waals surface area contributed by atoms with Crippen molar-refractivity contribution in [3.63, 3.8) is 0 Å². The van der Waals surface area contributed by atoms with Crippen LogP contribution in [0, 0.1) is 0 Å². The average Bonchev–Trinajstić information content (AvgIpc) is 2.74. The minimum Gasteiger partial charge on any atom is -0.323 e. The number of alkyl halides is 3. The lowest BCUT2D eigenvalue weighted by atomic mass is 10.2.